The highest BCUT2D eigenvalue weighted by Gasteiger charge is 2.28. The molecule has 1 aromatic rings. The molecule has 1 saturated heterocycles. The number of hydrogen-bond acceptors (Lipinski definition) is 3. The van der Waals surface area contributed by atoms with Gasteiger partial charge in [0.05, 0.1) is 6.54 Å². The number of carbonyl (C=O) groups is 3. The van der Waals surface area contributed by atoms with Crippen LogP contribution in [0.2, 0.25) is 0 Å². The third-order valence-corrected chi connectivity index (χ3v) is 3.38. The first-order valence-corrected chi connectivity index (χ1v) is 7.17. The predicted molar refractivity (Wildman–Crippen MR) is 78.4 cm³/mol. The Hall–Kier alpha value is -2.17. The van der Waals surface area contributed by atoms with Crippen LogP contribution in [0.3, 0.4) is 0 Å². The Morgan fingerprint density at radius 3 is 2.24 bits per heavy atom. The van der Waals surface area contributed by atoms with Gasteiger partial charge in [0, 0.05) is 24.9 Å². The summed E-state index contributed by atoms with van der Waals surface area (Å²) in [5.41, 5.74) is 1.43. The van der Waals surface area contributed by atoms with Gasteiger partial charge in [-0.2, -0.15) is 0 Å². The first-order chi connectivity index (χ1) is 9.97. The van der Waals surface area contributed by atoms with Crippen molar-refractivity contribution in [1.29, 1.82) is 0 Å². The van der Waals surface area contributed by atoms with E-state index >= 15 is 0 Å². The van der Waals surface area contributed by atoms with Crippen molar-refractivity contribution in [2.45, 2.75) is 33.2 Å². The standard InChI is InChI=1S/C16H20N2O3/c1-11(2)9-17-16(21)13-5-3-12(4-6-13)10-18-14(19)7-8-15(18)20/h3-6,11H,7-10H2,1-2H3,(H,17,21). The zero-order chi connectivity index (χ0) is 15.4. The van der Waals surface area contributed by atoms with E-state index in [0.717, 1.165) is 5.56 Å². The molecule has 5 heteroatoms. The van der Waals surface area contributed by atoms with Crippen LogP contribution in [0.15, 0.2) is 24.3 Å². The van der Waals surface area contributed by atoms with Crippen LogP contribution in [-0.4, -0.2) is 29.2 Å². The van der Waals surface area contributed by atoms with Crippen molar-refractivity contribution >= 4 is 17.7 Å². The summed E-state index contributed by atoms with van der Waals surface area (Å²) in [4.78, 5) is 36.3. The zero-order valence-electron chi connectivity index (χ0n) is 12.4. The lowest BCUT2D eigenvalue weighted by molar-refractivity contribution is -0.139. The molecule has 1 fully saturated rings. The van der Waals surface area contributed by atoms with Gasteiger partial charge in [0.1, 0.15) is 0 Å². The second kappa shape index (κ2) is 6.52. The van der Waals surface area contributed by atoms with E-state index in [4.69, 9.17) is 0 Å². The van der Waals surface area contributed by atoms with Crippen molar-refractivity contribution in [1.82, 2.24) is 10.2 Å². The molecule has 0 bridgehead atoms. The van der Waals surface area contributed by atoms with Crippen LogP contribution in [-0.2, 0) is 16.1 Å². The van der Waals surface area contributed by atoms with E-state index in [1.165, 1.54) is 4.90 Å². The summed E-state index contributed by atoms with van der Waals surface area (Å²) < 4.78 is 0. The molecule has 1 aromatic carbocycles. The molecular weight excluding hydrogens is 268 g/mol. The molecule has 21 heavy (non-hydrogen) atoms. The van der Waals surface area contributed by atoms with E-state index in [2.05, 4.69) is 5.32 Å². The van der Waals surface area contributed by atoms with E-state index in [9.17, 15) is 14.4 Å². The fourth-order valence-electron chi connectivity index (χ4n) is 2.14. The lowest BCUT2D eigenvalue weighted by Gasteiger charge is -2.14. The number of carbonyl (C=O) groups excluding carboxylic acids is 3. The Labute approximate surface area is 124 Å². The van der Waals surface area contributed by atoms with Crippen LogP contribution in [0.1, 0.15) is 42.6 Å². The van der Waals surface area contributed by atoms with Gasteiger partial charge in [0.15, 0.2) is 0 Å². The predicted octanol–water partition coefficient (Wildman–Crippen LogP) is 1.72. The number of imide groups is 1. The van der Waals surface area contributed by atoms with Gasteiger partial charge < -0.3 is 5.32 Å². The SMILES string of the molecule is CC(C)CNC(=O)c1ccc(CN2C(=O)CCC2=O)cc1. The van der Waals surface area contributed by atoms with Crippen molar-refractivity contribution in [2.75, 3.05) is 6.54 Å². The van der Waals surface area contributed by atoms with Gasteiger partial charge in [-0.3, -0.25) is 19.3 Å². The van der Waals surface area contributed by atoms with Crippen LogP contribution < -0.4 is 5.32 Å². The second-order valence-electron chi connectivity index (χ2n) is 5.67. The summed E-state index contributed by atoms with van der Waals surface area (Å²) >= 11 is 0. The molecule has 1 aliphatic heterocycles. The highest BCUT2D eigenvalue weighted by Crippen LogP contribution is 2.16. The highest BCUT2D eigenvalue weighted by molar-refractivity contribution is 6.01. The second-order valence-corrected chi connectivity index (χ2v) is 5.67. The molecule has 0 saturated carbocycles. The summed E-state index contributed by atoms with van der Waals surface area (Å²) in [5, 5.41) is 2.85. The third-order valence-electron chi connectivity index (χ3n) is 3.38. The smallest absolute Gasteiger partial charge is 0.251 e. The molecule has 2 rings (SSSR count). The van der Waals surface area contributed by atoms with Crippen LogP contribution in [0.25, 0.3) is 0 Å². The van der Waals surface area contributed by atoms with Crippen LogP contribution in [0, 0.1) is 5.92 Å². The Morgan fingerprint density at radius 2 is 1.71 bits per heavy atom. The lowest BCUT2D eigenvalue weighted by Crippen LogP contribution is -2.28. The molecule has 3 amide bonds. The molecule has 1 heterocycles. The van der Waals surface area contributed by atoms with Gasteiger partial charge in [-0.05, 0) is 23.6 Å². The average molecular weight is 288 g/mol. The first-order valence-electron chi connectivity index (χ1n) is 7.17. The minimum Gasteiger partial charge on any atom is -0.352 e. The van der Waals surface area contributed by atoms with E-state index in [0.29, 0.717) is 30.9 Å². The summed E-state index contributed by atoms with van der Waals surface area (Å²) in [5.74, 6) is 0.0431. The molecule has 1 N–H and O–H groups in total. The number of nitrogens with one attached hydrogen (secondary N) is 1. The van der Waals surface area contributed by atoms with E-state index in [-0.39, 0.29) is 24.3 Å². The monoisotopic (exact) mass is 288 g/mol. The van der Waals surface area contributed by atoms with Gasteiger partial charge >= 0.3 is 0 Å². The van der Waals surface area contributed by atoms with E-state index in [1.807, 2.05) is 13.8 Å². The Balaban J connectivity index is 1.97. The summed E-state index contributed by atoms with van der Waals surface area (Å²) in [6.07, 6.45) is 0.600. The van der Waals surface area contributed by atoms with Crippen LogP contribution in [0.4, 0.5) is 0 Å². The van der Waals surface area contributed by atoms with Gasteiger partial charge in [0.2, 0.25) is 11.8 Å². The largest absolute Gasteiger partial charge is 0.352 e. The van der Waals surface area contributed by atoms with Crippen LogP contribution in [0.5, 0.6) is 0 Å². The van der Waals surface area contributed by atoms with Crippen molar-refractivity contribution in [3.63, 3.8) is 0 Å². The molecule has 0 unspecified atom stereocenters. The van der Waals surface area contributed by atoms with Crippen molar-refractivity contribution in [3.8, 4) is 0 Å². The fourth-order valence-corrected chi connectivity index (χ4v) is 2.14. The van der Waals surface area contributed by atoms with Gasteiger partial charge in [-0.25, -0.2) is 0 Å². The normalized spacial score (nSPS) is 14.9. The number of hydrogen-bond donors (Lipinski definition) is 1. The third kappa shape index (κ3) is 3.90. The summed E-state index contributed by atoms with van der Waals surface area (Å²) in [6.45, 7) is 4.99. The minimum atomic E-state index is -0.126. The number of nitrogens with zero attached hydrogens (tertiary/aromatic N) is 1. The number of amides is 3. The maximum absolute atomic E-state index is 11.9. The maximum Gasteiger partial charge on any atom is 0.251 e. The van der Waals surface area contributed by atoms with Crippen molar-refractivity contribution in [3.05, 3.63) is 35.4 Å². The Kier molecular flexibility index (Phi) is 4.73. The van der Waals surface area contributed by atoms with E-state index < -0.39 is 0 Å². The van der Waals surface area contributed by atoms with Gasteiger partial charge in [-0.15, -0.1) is 0 Å². The quantitative estimate of drug-likeness (QED) is 0.839. The van der Waals surface area contributed by atoms with Gasteiger partial charge in [-0.1, -0.05) is 26.0 Å². The van der Waals surface area contributed by atoms with E-state index in [1.54, 1.807) is 24.3 Å². The molecule has 0 radical (unpaired) electrons. The Morgan fingerprint density at radius 1 is 1.14 bits per heavy atom. The fraction of sp³-hybridized carbons (Fsp3) is 0.438. The molecule has 5 nitrogen and oxygen atoms in total. The molecule has 1 aliphatic rings. The first kappa shape index (κ1) is 15.2. The lowest BCUT2D eigenvalue weighted by atomic mass is 10.1. The summed E-state index contributed by atoms with van der Waals surface area (Å²) in [7, 11) is 0. The summed E-state index contributed by atoms with van der Waals surface area (Å²) in [6, 6.07) is 7.00. The topological polar surface area (TPSA) is 66.5 Å². The highest BCUT2D eigenvalue weighted by atomic mass is 16.2. The Bertz CT molecular complexity index is 533. The number of likely N-dealkylation sites (tertiary alicyclic amines) is 1. The number of benzene rings is 1. The molecule has 0 spiro atoms. The molecule has 0 aromatic heterocycles. The minimum absolute atomic E-state index is 0.108. The average Bonchev–Trinajstić information content (AvgIpc) is 2.77. The maximum atomic E-state index is 11.9. The molecule has 0 aliphatic carbocycles. The number of rotatable bonds is 5. The zero-order valence-corrected chi connectivity index (χ0v) is 12.4. The van der Waals surface area contributed by atoms with Crippen LogP contribution >= 0.6 is 0 Å². The molecule has 0 atom stereocenters. The molecular formula is C16H20N2O3. The van der Waals surface area contributed by atoms with Gasteiger partial charge in [0.25, 0.3) is 5.91 Å². The molecule has 112 valence electrons. The van der Waals surface area contributed by atoms with Crippen molar-refractivity contribution < 1.29 is 14.4 Å². The van der Waals surface area contributed by atoms with Crippen molar-refractivity contribution in [2.24, 2.45) is 5.92 Å².